The Hall–Kier alpha value is -2.45. The predicted molar refractivity (Wildman–Crippen MR) is 74.3 cm³/mol. The zero-order valence-corrected chi connectivity index (χ0v) is 10.7. The first-order valence-corrected chi connectivity index (χ1v) is 6.75. The lowest BCUT2D eigenvalue weighted by molar-refractivity contribution is 0.565. The summed E-state index contributed by atoms with van der Waals surface area (Å²) in [5.41, 5.74) is 0.525. The molecule has 0 radical (unpaired) electrons. The summed E-state index contributed by atoms with van der Waals surface area (Å²) in [4.78, 5) is 26.1. The van der Waals surface area contributed by atoms with Gasteiger partial charge in [-0.05, 0) is 36.4 Å². The van der Waals surface area contributed by atoms with Gasteiger partial charge in [-0.15, -0.1) is 4.40 Å². The van der Waals surface area contributed by atoms with Gasteiger partial charge in [-0.1, -0.05) is 29.3 Å². The number of benzene rings is 2. The van der Waals surface area contributed by atoms with E-state index in [1.165, 1.54) is 6.08 Å². The predicted octanol–water partition coefficient (Wildman–Crippen LogP) is 3.32. The molecule has 0 heterocycles. The number of thiol groups is 1. The second kappa shape index (κ2) is 6.47. The molecular formula is C14H10N2O2S. The highest BCUT2D eigenvalue weighted by atomic mass is 32.2. The van der Waals surface area contributed by atoms with Crippen molar-refractivity contribution < 1.29 is 9.59 Å². The van der Waals surface area contributed by atoms with Gasteiger partial charge in [0.15, 0.2) is 0 Å². The second-order valence-electron chi connectivity index (χ2n) is 3.56. The molecule has 2 aromatic rings. The average Bonchev–Trinajstić information content (AvgIpc) is 2.47. The van der Waals surface area contributed by atoms with Gasteiger partial charge in [0, 0.05) is 9.79 Å². The molecule has 0 aromatic heterocycles. The van der Waals surface area contributed by atoms with E-state index in [4.69, 9.17) is 0 Å². The zero-order valence-electron chi connectivity index (χ0n) is 9.85. The van der Waals surface area contributed by atoms with E-state index in [-0.39, 0.29) is 0 Å². The number of rotatable bonds is 4. The van der Waals surface area contributed by atoms with E-state index in [1.807, 2.05) is 30.3 Å². The quantitative estimate of drug-likeness (QED) is 0.526. The SMILES string of the molecule is O=C=Nc1ccc([SH](N=C=O)c2ccccc2)cc1. The maximum atomic E-state index is 10.6. The van der Waals surface area contributed by atoms with Crippen molar-refractivity contribution in [1.29, 1.82) is 0 Å². The molecule has 0 fully saturated rings. The molecule has 94 valence electrons. The topological polar surface area (TPSA) is 58.9 Å². The summed E-state index contributed by atoms with van der Waals surface area (Å²) in [6.07, 6.45) is 3.11. The van der Waals surface area contributed by atoms with Crippen LogP contribution < -0.4 is 0 Å². The number of hydrogen-bond donors (Lipinski definition) is 1. The highest BCUT2D eigenvalue weighted by Crippen LogP contribution is 2.45. The normalized spacial score (nSPS) is 11.9. The van der Waals surface area contributed by atoms with Crippen LogP contribution in [0.15, 0.2) is 73.8 Å². The summed E-state index contributed by atoms with van der Waals surface area (Å²) in [5, 5.41) is 0. The molecule has 19 heavy (non-hydrogen) atoms. The lowest BCUT2D eigenvalue weighted by Crippen LogP contribution is -1.82. The van der Waals surface area contributed by atoms with Gasteiger partial charge in [-0.2, -0.15) is 4.99 Å². The zero-order chi connectivity index (χ0) is 13.5. The molecule has 0 bridgehead atoms. The van der Waals surface area contributed by atoms with Gasteiger partial charge < -0.3 is 0 Å². The molecule has 4 nitrogen and oxygen atoms in total. The minimum Gasteiger partial charge on any atom is -0.211 e. The highest BCUT2D eigenvalue weighted by Gasteiger charge is 2.08. The maximum Gasteiger partial charge on any atom is 0.246 e. The van der Waals surface area contributed by atoms with Crippen molar-refractivity contribution in [3.63, 3.8) is 0 Å². The number of nitrogens with zero attached hydrogens (tertiary/aromatic N) is 2. The Kier molecular flexibility index (Phi) is 4.43. The van der Waals surface area contributed by atoms with Crippen LogP contribution >= 0.6 is 11.1 Å². The number of carbonyl (C=O) groups excluding carboxylic acids is 2. The first-order chi connectivity index (χ1) is 9.35. The molecule has 0 amide bonds. The number of aliphatic imine (C=N–C) groups is 1. The Bertz CT molecular complexity index is 643. The summed E-state index contributed by atoms with van der Waals surface area (Å²) in [6.45, 7) is 0. The molecule has 0 aliphatic heterocycles. The van der Waals surface area contributed by atoms with Crippen LogP contribution in [0.3, 0.4) is 0 Å². The van der Waals surface area contributed by atoms with Crippen LogP contribution in [0.2, 0.25) is 0 Å². The monoisotopic (exact) mass is 270 g/mol. The summed E-state index contributed by atoms with van der Waals surface area (Å²) in [6, 6.07) is 16.5. The van der Waals surface area contributed by atoms with Gasteiger partial charge in [0.1, 0.15) is 0 Å². The minimum absolute atomic E-state index is 0.525. The van der Waals surface area contributed by atoms with Crippen LogP contribution in [0.5, 0.6) is 0 Å². The van der Waals surface area contributed by atoms with E-state index in [2.05, 4.69) is 9.39 Å². The molecule has 0 saturated heterocycles. The Balaban J connectivity index is 2.40. The van der Waals surface area contributed by atoms with Crippen molar-refractivity contribution in [3.8, 4) is 0 Å². The van der Waals surface area contributed by atoms with Crippen molar-refractivity contribution in [3.05, 3.63) is 54.6 Å². The van der Waals surface area contributed by atoms with E-state index >= 15 is 0 Å². The molecule has 1 unspecified atom stereocenters. The van der Waals surface area contributed by atoms with Crippen molar-refractivity contribution >= 4 is 28.9 Å². The average molecular weight is 270 g/mol. The molecular weight excluding hydrogens is 260 g/mol. The van der Waals surface area contributed by atoms with Crippen molar-refractivity contribution in [2.45, 2.75) is 9.79 Å². The highest BCUT2D eigenvalue weighted by molar-refractivity contribution is 8.16. The standard InChI is InChI=1S/C14H10N2O2S/c17-10-15-12-6-8-14(9-7-12)19(16-11-18)13-4-2-1-3-5-13/h1-9,19H. The molecule has 1 atom stereocenters. The number of isocyanates is 2. The summed E-state index contributed by atoms with van der Waals surface area (Å²) in [5.74, 6) is 0. The molecule has 2 aromatic carbocycles. The van der Waals surface area contributed by atoms with Gasteiger partial charge in [-0.25, -0.2) is 9.59 Å². The molecule has 0 aliphatic carbocycles. The van der Waals surface area contributed by atoms with Gasteiger partial charge in [0.05, 0.1) is 5.69 Å². The second-order valence-corrected chi connectivity index (χ2v) is 5.41. The van der Waals surface area contributed by atoms with Crippen LogP contribution in [0.4, 0.5) is 5.69 Å². The molecule has 5 heteroatoms. The van der Waals surface area contributed by atoms with Crippen molar-refractivity contribution in [1.82, 2.24) is 0 Å². The lowest BCUT2D eigenvalue weighted by Gasteiger charge is -2.15. The maximum absolute atomic E-state index is 10.6. The number of hydrogen-bond acceptors (Lipinski definition) is 4. The van der Waals surface area contributed by atoms with E-state index in [9.17, 15) is 9.59 Å². The third kappa shape index (κ3) is 3.27. The van der Waals surface area contributed by atoms with E-state index < -0.39 is 11.1 Å². The van der Waals surface area contributed by atoms with Crippen LogP contribution in [-0.4, -0.2) is 12.2 Å². The first-order valence-electron chi connectivity index (χ1n) is 5.46. The Labute approximate surface area is 113 Å². The van der Waals surface area contributed by atoms with Crippen LogP contribution in [0.1, 0.15) is 0 Å². The fourth-order valence-corrected chi connectivity index (χ4v) is 3.09. The van der Waals surface area contributed by atoms with E-state index in [1.54, 1.807) is 30.3 Å². The van der Waals surface area contributed by atoms with Gasteiger partial charge in [0.25, 0.3) is 0 Å². The minimum atomic E-state index is -1.11. The fourth-order valence-electron chi connectivity index (χ4n) is 1.60. The molecule has 0 aliphatic rings. The molecule has 2 rings (SSSR count). The largest absolute Gasteiger partial charge is 0.246 e. The Morgan fingerprint density at radius 1 is 0.789 bits per heavy atom. The first kappa shape index (κ1) is 13.0. The van der Waals surface area contributed by atoms with Gasteiger partial charge in [-0.3, -0.25) is 0 Å². The Morgan fingerprint density at radius 3 is 2.00 bits per heavy atom. The van der Waals surface area contributed by atoms with Gasteiger partial charge >= 0.3 is 0 Å². The molecule has 0 saturated carbocycles. The molecule has 0 N–H and O–H groups in total. The van der Waals surface area contributed by atoms with Crippen molar-refractivity contribution in [2.75, 3.05) is 0 Å². The van der Waals surface area contributed by atoms with Crippen LogP contribution in [-0.2, 0) is 9.59 Å². The molecule has 0 spiro atoms. The fraction of sp³-hybridized carbons (Fsp3) is 0. The summed E-state index contributed by atoms with van der Waals surface area (Å²) < 4.78 is 3.89. The van der Waals surface area contributed by atoms with Crippen LogP contribution in [0, 0.1) is 0 Å². The van der Waals surface area contributed by atoms with E-state index in [0.29, 0.717) is 5.69 Å². The summed E-state index contributed by atoms with van der Waals surface area (Å²) >= 11 is -1.11. The van der Waals surface area contributed by atoms with E-state index in [0.717, 1.165) is 9.79 Å². The Morgan fingerprint density at radius 2 is 1.42 bits per heavy atom. The lowest BCUT2D eigenvalue weighted by atomic mass is 10.3. The van der Waals surface area contributed by atoms with Crippen molar-refractivity contribution in [2.24, 2.45) is 9.39 Å². The van der Waals surface area contributed by atoms with Gasteiger partial charge in [0.2, 0.25) is 12.2 Å². The van der Waals surface area contributed by atoms with Crippen LogP contribution in [0.25, 0.3) is 0 Å². The smallest absolute Gasteiger partial charge is 0.211 e. The summed E-state index contributed by atoms with van der Waals surface area (Å²) in [7, 11) is 0. The third-order valence-electron chi connectivity index (χ3n) is 2.41. The third-order valence-corrected chi connectivity index (χ3v) is 4.27.